The van der Waals surface area contributed by atoms with Crippen LogP contribution in [0.3, 0.4) is 0 Å². The van der Waals surface area contributed by atoms with Crippen LogP contribution in [0.25, 0.3) is 0 Å². The number of rotatable bonds is 3. The van der Waals surface area contributed by atoms with Gasteiger partial charge in [0.25, 0.3) is 5.91 Å². The fraction of sp³-hybridized carbons (Fsp3) is 0.480. The second-order valence-corrected chi connectivity index (χ2v) is 8.49. The predicted octanol–water partition coefficient (Wildman–Crippen LogP) is 3.72. The summed E-state index contributed by atoms with van der Waals surface area (Å²) >= 11 is 0. The van der Waals surface area contributed by atoms with Crippen LogP contribution in [0.4, 0.5) is 0 Å². The summed E-state index contributed by atoms with van der Waals surface area (Å²) < 4.78 is 5.29. The minimum absolute atomic E-state index is 0.0201. The normalized spacial score (nSPS) is 21.2. The second-order valence-electron chi connectivity index (χ2n) is 8.49. The molecule has 0 spiro atoms. The maximum absolute atomic E-state index is 12.6. The third-order valence-corrected chi connectivity index (χ3v) is 5.63. The van der Waals surface area contributed by atoms with Gasteiger partial charge in [-0.3, -0.25) is 4.79 Å². The Hall–Kier alpha value is -3.29. The summed E-state index contributed by atoms with van der Waals surface area (Å²) in [7, 11) is 0. The molecule has 3 rings (SSSR count). The van der Waals surface area contributed by atoms with E-state index in [0.717, 1.165) is 44.8 Å². The highest BCUT2D eigenvalue weighted by Crippen LogP contribution is 2.29. The molecule has 2 heterocycles. The van der Waals surface area contributed by atoms with Gasteiger partial charge in [0.1, 0.15) is 17.1 Å². The number of phenols is 2. The molecule has 1 aromatic rings. The molecule has 0 bridgehead atoms. The maximum Gasteiger partial charge on any atom is 0.342 e. The first-order chi connectivity index (χ1) is 15.9. The fourth-order valence-corrected chi connectivity index (χ4v) is 3.98. The van der Waals surface area contributed by atoms with Gasteiger partial charge in [0.15, 0.2) is 6.61 Å². The van der Waals surface area contributed by atoms with Gasteiger partial charge in [-0.15, -0.1) is 0 Å². The molecule has 1 aromatic carbocycles. The van der Waals surface area contributed by atoms with E-state index in [4.69, 9.17) is 9.57 Å². The smallest absolute Gasteiger partial charge is 0.342 e. The van der Waals surface area contributed by atoms with Crippen LogP contribution in [0, 0.1) is 5.92 Å². The van der Waals surface area contributed by atoms with Gasteiger partial charge in [-0.05, 0) is 55.7 Å². The third-order valence-electron chi connectivity index (χ3n) is 5.63. The van der Waals surface area contributed by atoms with Crippen LogP contribution in [-0.4, -0.2) is 59.0 Å². The van der Waals surface area contributed by atoms with Crippen LogP contribution < -0.4 is 0 Å². The van der Waals surface area contributed by atoms with Gasteiger partial charge in [-0.2, -0.15) is 0 Å². The van der Waals surface area contributed by atoms with E-state index in [0.29, 0.717) is 23.6 Å². The van der Waals surface area contributed by atoms with Crippen LogP contribution in [0.5, 0.6) is 11.5 Å². The lowest BCUT2D eigenvalue weighted by Gasteiger charge is -2.30. The Kier molecular flexibility index (Phi) is 8.92. The van der Waals surface area contributed by atoms with E-state index in [1.165, 1.54) is 6.07 Å². The molecule has 1 amide bonds. The van der Waals surface area contributed by atoms with Gasteiger partial charge in [0.05, 0.1) is 12.3 Å². The van der Waals surface area contributed by atoms with Gasteiger partial charge in [-0.25, -0.2) is 4.79 Å². The zero-order valence-corrected chi connectivity index (χ0v) is 19.0. The molecular formula is C25H32N2O6. The highest BCUT2D eigenvalue weighted by Gasteiger charge is 2.22. The van der Waals surface area contributed by atoms with Crippen LogP contribution in [0.15, 0.2) is 41.6 Å². The van der Waals surface area contributed by atoms with Crippen molar-refractivity contribution < 1.29 is 29.4 Å². The number of oxime groups is 1. The fourth-order valence-electron chi connectivity index (χ4n) is 3.98. The third kappa shape index (κ3) is 7.37. The standard InChI is InChI=1S/C25H32N2O6/c1-18-9-8-11-27(16-18)23(30)17-33-26-20-10-6-4-2-3-5-7-12-32-25(31)24-19(13-20)14-21(28)15-22(24)29/h3,5-6,10,14-15,18,28-29H,2,4,7-9,11-13,16-17H2,1H3. The number of carbonyl (C=O) groups excluding carboxylic acids is 2. The van der Waals surface area contributed by atoms with E-state index in [2.05, 4.69) is 12.1 Å². The molecule has 1 unspecified atom stereocenters. The molecule has 0 aromatic heterocycles. The quantitative estimate of drug-likeness (QED) is 0.408. The van der Waals surface area contributed by atoms with Crippen LogP contribution in [0.2, 0.25) is 0 Å². The largest absolute Gasteiger partial charge is 0.508 e. The average Bonchev–Trinajstić information content (AvgIpc) is 2.76. The number of cyclic esters (lactones) is 1. The second kappa shape index (κ2) is 12.1. The van der Waals surface area contributed by atoms with Crippen molar-refractivity contribution in [3.8, 4) is 11.5 Å². The number of piperidine rings is 1. The molecule has 0 radical (unpaired) electrons. The molecule has 8 heteroatoms. The topological polar surface area (TPSA) is 109 Å². The van der Waals surface area contributed by atoms with E-state index in [1.807, 2.05) is 18.2 Å². The zero-order chi connectivity index (χ0) is 23.6. The highest BCUT2D eigenvalue weighted by molar-refractivity contribution is 6.00. The Morgan fingerprint density at radius 1 is 1.21 bits per heavy atom. The number of fused-ring (bicyclic) bond motifs is 1. The van der Waals surface area contributed by atoms with E-state index in [-0.39, 0.29) is 42.6 Å². The highest BCUT2D eigenvalue weighted by atomic mass is 16.6. The summed E-state index contributed by atoms with van der Waals surface area (Å²) in [4.78, 5) is 32.2. The van der Waals surface area contributed by atoms with Crippen LogP contribution >= 0.6 is 0 Å². The van der Waals surface area contributed by atoms with Crippen molar-refractivity contribution in [1.29, 1.82) is 0 Å². The summed E-state index contributed by atoms with van der Waals surface area (Å²) in [5.74, 6) is -0.855. The predicted molar refractivity (Wildman–Crippen MR) is 124 cm³/mol. The number of allylic oxidation sites excluding steroid dienone is 3. The summed E-state index contributed by atoms with van der Waals surface area (Å²) in [6.45, 7) is 3.59. The monoisotopic (exact) mass is 456 g/mol. The van der Waals surface area contributed by atoms with Crippen molar-refractivity contribution in [1.82, 2.24) is 4.90 Å². The Labute approximate surface area is 194 Å². The van der Waals surface area contributed by atoms with Crippen LogP contribution in [0.1, 0.15) is 54.9 Å². The van der Waals surface area contributed by atoms with Gasteiger partial charge >= 0.3 is 5.97 Å². The summed E-state index contributed by atoms with van der Waals surface area (Å²) in [6.07, 6.45) is 12.0. The molecule has 33 heavy (non-hydrogen) atoms. The summed E-state index contributed by atoms with van der Waals surface area (Å²) in [6, 6.07) is 2.50. The first kappa shape index (κ1) is 24.4. The minimum atomic E-state index is -0.674. The molecular weight excluding hydrogens is 424 g/mol. The van der Waals surface area contributed by atoms with Crippen molar-refractivity contribution in [3.63, 3.8) is 0 Å². The van der Waals surface area contributed by atoms with Crippen molar-refractivity contribution >= 4 is 17.6 Å². The lowest BCUT2D eigenvalue weighted by Crippen LogP contribution is -2.40. The number of amides is 1. The average molecular weight is 457 g/mol. The first-order valence-electron chi connectivity index (χ1n) is 11.4. The number of esters is 1. The van der Waals surface area contributed by atoms with Crippen molar-refractivity contribution in [2.75, 3.05) is 26.3 Å². The van der Waals surface area contributed by atoms with Crippen LogP contribution in [-0.2, 0) is 20.8 Å². The molecule has 2 aliphatic rings. The number of aromatic hydroxyl groups is 2. The molecule has 178 valence electrons. The van der Waals surface area contributed by atoms with Gasteiger partial charge in [0.2, 0.25) is 0 Å². The molecule has 1 fully saturated rings. The summed E-state index contributed by atoms with van der Waals surface area (Å²) in [5, 5.41) is 24.4. The lowest BCUT2D eigenvalue weighted by molar-refractivity contribution is -0.137. The Morgan fingerprint density at radius 2 is 2.00 bits per heavy atom. The number of hydrogen-bond acceptors (Lipinski definition) is 7. The minimum Gasteiger partial charge on any atom is -0.508 e. The van der Waals surface area contributed by atoms with Gasteiger partial charge in [0, 0.05) is 25.6 Å². The molecule has 1 saturated heterocycles. The molecule has 2 aliphatic heterocycles. The zero-order valence-electron chi connectivity index (χ0n) is 19.0. The lowest BCUT2D eigenvalue weighted by atomic mass is 9.99. The van der Waals surface area contributed by atoms with Crippen molar-refractivity contribution in [3.05, 3.63) is 47.6 Å². The number of benzene rings is 1. The molecule has 2 N–H and O–H groups in total. The molecule has 0 aliphatic carbocycles. The van der Waals surface area contributed by atoms with E-state index in [1.54, 1.807) is 11.0 Å². The number of phenolic OH excluding ortho intramolecular Hbond substituents is 2. The Morgan fingerprint density at radius 3 is 2.82 bits per heavy atom. The summed E-state index contributed by atoms with van der Waals surface area (Å²) in [5.41, 5.74) is 0.788. The number of likely N-dealkylation sites (tertiary alicyclic amines) is 1. The van der Waals surface area contributed by atoms with Gasteiger partial charge in [-0.1, -0.05) is 30.3 Å². The van der Waals surface area contributed by atoms with Gasteiger partial charge < -0.3 is 24.7 Å². The SMILES string of the molecule is CC1CCCN(C(=O)CON=C2C=CCCC=CCCOC(=O)c3c(O)cc(O)cc3C2)C1. The first-order valence-corrected chi connectivity index (χ1v) is 11.4. The van der Waals surface area contributed by atoms with E-state index < -0.39 is 5.97 Å². The van der Waals surface area contributed by atoms with E-state index in [9.17, 15) is 19.8 Å². The molecule has 0 saturated carbocycles. The number of carbonyl (C=O) groups is 2. The Bertz CT molecular complexity index is 937. The number of ether oxygens (including phenoxy) is 1. The Balaban J connectivity index is 1.79. The molecule has 1 atom stereocenters. The number of hydrogen-bond donors (Lipinski definition) is 2. The van der Waals surface area contributed by atoms with Crippen molar-refractivity contribution in [2.45, 2.75) is 45.4 Å². The number of nitrogens with zero attached hydrogens (tertiary/aromatic N) is 2. The van der Waals surface area contributed by atoms with Crippen molar-refractivity contribution in [2.24, 2.45) is 11.1 Å². The maximum atomic E-state index is 12.6. The van der Waals surface area contributed by atoms with E-state index >= 15 is 0 Å². The molecule has 8 nitrogen and oxygen atoms in total.